The minimum absolute atomic E-state index is 0.336. The molecular weight excluding hydrogens is 420 g/mol. The van der Waals surface area contributed by atoms with E-state index in [1.807, 2.05) is 60.7 Å². The summed E-state index contributed by atoms with van der Waals surface area (Å²) in [6, 6.07) is 19.5. The van der Waals surface area contributed by atoms with Gasteiger partial charge in [0.15, 0.2) is 5.58 Å². The van der Waals surface area contributed by atoms with Crippen LogP contribution in [0.3, 0.4) is 0 Å². The fourth-order valence-electron chi connectivity index (χ4n) is 2.79. The van der Waals surface area contributed by atoms with Gasteiger partial charge in [0.2, 0.25) is 0 Å². The summed E-state index contributed by atoms with van der Waals surface area (Å²) in [6.07, 6.45) is 0. The highest BCUT2D eigenvalue weighted by molar-refractivity contribution is 9.11. The van der Waals surface area contributed by atoms with Crippen LogP contribution in [0.1, 0.15) is 0 Å². The molecule has 0 aliphatic heterocycles. The van der Waals surface area contributed by atoms with Crippen molar-refractivity contribution in [1.82, 2.24) is 0 Å². The molecule has 3 aromatic carbocycles. The molecule has 0 atom stereocenters. The zero-order chi connectivity index (χ0) is 16.0. The SMILES string of the molecule is O=c1oc2c(Br)cccc2cc1-c1ccc(Br)c2ccccc12. The Morgan fingerprint density at radius 3 is 2.35 bits per heavy atom. The Labute approximate surface area is 149 Å². The number of hydrogen-bond acceptors (Lipinski definition) is 2. The van der Waals surface area contributed by atoms with Gasteiger partial charge in [-0.25, -0.2) is 4.79 Å². The second kappa shape index (κ2) is 5.62. The first-order chi connectivity index (χ1) is 11.1. The molecule has 112 valence electrons. The van der Waals surface area contributed by atoms with Gasteiger partial charge in [-0.1, -0.05) is 58.4 Å². The molecule has 0 bridgehead atoms. The van der Waals surface area contributed by atoms with Crippen molar-refractivity contribution in [3.05, 3.63) is 80.0 Å². The van der Waals surface area contributed by atoms with Crippen LogP contribution in [0.5, 0.6) is 0 Å². The molecule has 0 aliphatic carbocycles. The molecule has 0 fully saturated rings. The average molecular weight is 430 g/mol. The van der Waals surface area contributed by atoms with Gasteiger partial charge >= 0.3 is 5.63 Å². The Morgan fingerprint density at radius 2 is 1.52 bits per heavy atom. The van der Waals surface area contributed by atoms with E-state index in [2.05, 4.69) is 31.9 Å². The van der Waals surface area contributed by atoms with E-state index < -0.39 is 0 Å². The monoisotopic (exact) mass is 428 g/mol. The summed E-state index contributed by atoms with van der Waals surface area (Å²) in [5.74, 6) is 0. The van der Waals surface area contributed by atoms with E-state index >= 15 is 0 Å². The Bertz CT molecular complexity index is 1110. The topological polar surface area (TPSA) is 30.2 Å². The van der Waals surface area contributed by atoms with Crippen LogP contribution in [-0.4, -0.2) is 0 Å². The lowest BCUT2D eigenvalue weighted by atomic mass is 9.99. The molecule has 4 aromatic rings. The van der Waals surface area contributed by atoms with Crippen molar-refractivity contribution in [3.8, 4) is 11.1 Å². The van der Waals surface area contributed by atoms with Gasteiger partial charge in [-0.3, -0.25) is 0 Å². The van der Waals surface area contributed by atoms with Crippen LogP contribution < -0.4 is 5.63 Å². The van der Waals surface area contributed by atoms with Crippen molar-refractivity contribution in [2.24, 2.45) is 0 Å². The standard InChI is InChI=1S/C19H10Br2O2/c20-16-9-8-13(12-5-1-2-6-14(12)16)15-10-11-4-3-7-17(21)18(11)23-19(15)22/h1-10H. The van der Waals surface area contributed by atoms with Crippen LogP contribution >= 0.6 is 31.9 Å². The molecule has 1 aromatic heterocycles. The van der Waals surface area contributed by atoms with Crippen molar-refractivity contribution in [3.63, 3.8) is 0 Å². The van der Waals surface area contributed by atoms with Crippen molar-refractivity contribution in [2.75, 3.05) is 0 Å². The molecule has 0 unspecified atom stereocenters. The Kier molecular flexibility index (Phi) is 3.58. The van der Waals surface area contributed by atoms with Gasteiger partial charge in [0, 0.05) is 9.86 Å². The van der Waals surface area contributed by atoms with Gasteiger partial charge in [-0.15, -0.1) is 0 Å². The van der Waals surface area contributed by atoms with Gasteiger partial charge in [0.25, 0.3) is 0 Å². The molecule has 0 saturated heterocycles. The Hall–Kier alpha value is -1.91. The highest BCUT2D eigenvalue weighted by Crippen LogP contribution is 2.33. The second-order valence-corrected chi connectivity index (χ2v) is 6.95. The maximum absolute atomic E-state index is 12.5. The van der Waals surface area contributed by atoms with E-state index in [0.717, 1.165) is 30.7 Å². The quantitative estimate of drug-likeness (QED) is 0.340. The molecule has 0 radical (unpaired) electrons. The van der Waals surface area contributed by atoms with Gasteiger partial charge in [-0.05, 0) is 50.5 Å². The van der Waals surface area contributed by atoms with Crippen molar-refractivity contribution in [1.29, 1.82) is 0 Å². The smallest absolute Gasteiger partial charge is 0.344 e. The van der Waals surface area contributed by atoms with Gasteiger partial charge in [0.1, 0.15) is 0 Å². The lowest BCUT2D eigenvalue weighted by molar-refractivity contribution is 0.562. The van der Waals surface area contributed by atoms with Crippen LogP contribution in [0.25, 0.3) is 32.9 Å². The van der Waals surface area contributed by atoms with Gasteiger partial charge < -0.3 is 4.42 Å². The number of para-hydroxylation sites is 1. The fourth-order valence-corrected chi connectivity index (χ4v) is 3.73. The predicted octanol–water partition coefficient (Wildman–Crippen LogP) is 6.14. The molecule has 0 amide bonds. The number of rotatable bonds is 1. The largest absolute Gasteiger partial charge is 0.421 e. The summed E-state index contributed by atoms with van der Waals surface area (Å²) in [4.78, 5) is 12.5. The van der Waals surface area contributed by atoms with E-state index in [1.54, 1.807) is 0 Å². The highest BCUT2D eigenvalue weighted by atomic mass is 79.9. The molecule has 0 aliphatic rings. The Balaban J connectivity index is 2.09. The molecule has 0 spiro atoms. The zero-order valence-corrected chi connectivity index (χ0v) is 15.0. The first-order valence-corrected chi connectivity index (χ1v) is 8.64. The molecule has 4 heteroatoms. The number of hydrogen-bond donors (Lipinski definition) is 0. The average Bonchev–Trinajstić information content (AvgIpc) is 2.56. The minimum atomic E-state index is -0.336. The molecule has 0 N–H and O–H groups in total. The van der Waals surface area contributed by atoms with Crippen LogP contribution in [0.2, 0.25) is 0 Å². The summed E-state index contributed by atoms with van der Waals surface area (Å²) in [5, 5.41) is 2.98. The van der Waals surface area contributed by atoms with Gasteiger partial charge in [0.05, 0.1) is 10.0 Å². The highest BCUT2D eigenvalue weighted by Gasteiger charge is 2.13. The van der Waals surface area contributed by atoms with E-state index in [9.17, 15) is 4.79 Å². The molecule has 23 heavy (non-hydrogen) atoms. The van der Waals surface area contributed by atoms with E-state index in [0.29, 0.717) is 11.1 Å². The third-order valence-corrected chi connectivity index (χ3v) is 5.19. The number of halogens is 2. The maximum atomic E-state index is 12.5. The Morgan fingerprint density at radius 1 is 0.739 bits per heavy atom. The first-order valence-electron chi connectivity index (χ1n) is 7.05. The van der Waals surface area contributed by atoms with E-state index in [-0.39, 0.29) is 5.63 Å². The van der Waals surface area contributed by atoms with Crippen LogP contribution in [0.15, 0.2) is 78.8 Å². The molecule has 2 nitrogen and oxygen atoms in total. The molecule has 0 saturated carbocycles. The van der Waals surface area contributed by atoms with Crippen LogP contribution in [-0.2, 0) is 0 Å². The number of benzene rings is 3. The molecule has 4 rings (SSSR count). The summed E-state index contributed by atoms with van der Waals surface area (Å²) < 4.78 is 7.32. The van der Waals surface area contributed by atoms with Crippen LogP contribution in [0, 0.1) is 0 Å². The van der Waals surface area contributed by atoms with Crippen molar-refractivity contribution >= 4 is 53.6 Å². The van der Waals surface area contributed by atoms with Crippen molar-refractivity contribution in [2.45, 2.75) is 0 Å². The minimum Gasteiger partial charge on any atom is -0.421 e. The molecular formula is C19H10Br2O2. The lowest BCUT2D eigenvalue weighted by Crippen LogP contribution is -2.03. The predicted molar refractivity (Wildman–Crippen MR) is 101 cm³/mol. The normalized spacial score (nSPS) is 11.2. The van der Waals surface area contributed by atoms with Crippen LogP contribution in [0.4, 0.5) is 0 Å². The second-order valence-electron chi connectivity index (χ2n) is 5.25. The summed E-state index contributed by atoms with van der Waals surface area (Å²) >= 11 is 6.99. The zero-order valence-electron chi connectivity index (χ0n) is 11.8. The summed E-state index contributed by atoms with van der Waals surface area (Å²) in [7, 11) is 0. The third kappa shape index (κ3) is 2.42. The van der Waals surface area contributed by atoms with E-state index in [1.165, 1.54) is 0 Å². The summed E-state index contributed by atoms with van der Waals surface area (Å²) in [5.41, 5.74) is 1.68. The maximum Gasteiger partial charge on any atom is 0.344 e. The fraction of sp³-hybridized carbons (Fsp3) is 0. The number of fused-ring (bicyclic) bond motifs is 2. The van der Waals surface area contributed by atoms with Crippen molar-refractivity contribution < 1.29 is 4.42 Å². The van der Waals surface area contributed by atoms with Gasteiger partial charge in [-0.2, -0.15) is 0 Å². The lowest BCUT2D eigenvalue weighted by Gasteiger charge is -2.08. The first kappa shape index (κ1) is 14.7. The van der Waals surface area contributed by atoms with E-state index in [4.69, 9.17) is 4.42 Å². The third-order valence-electron chi connectivity index (χ3n) is 3.87. The molecule has 1 heterocycles. The summed E-state index contributed by atoms with van der Waals surface area (Å²) in [6.45, 7) is 0.